The maximum atomic E-state index is 5.41. The van der Waals surface area contributed by atoms with Crippen molar-refractivity contribution in [2.24, 2.45) is 4.99 Å². The first-order valence-electron chi connectivity index (χ1n) is 11.3. The predicted octanol–water partition coefficient (Wildman–Crippen LogP) is 3.24. The Morgan fingerprint density at radius 1 is 1.25 bits per heavy atom. The Bertz CT molecular complexity index is 869. The van der Waals surface area contributed by atoms with Crippen molar-refractivity contribution in [2.45, 2.75) is 52.6 Å². The van der Waals surface area contributed by atoms with Gasteiger partial charge in [-0.3, -0.25) is 9.89 Å². The second kappa shape index (κ2) is 11.2. The Balaban J connectivity index is 1.58. The van der Waals surface area contributed by atoms with Gasteiger partial charge in [0.1, 0.15) is 17.3 Å². The van der Waals surface area contributed by atoms with Crippen LogP contribution in [0.1, 0.15) is 48.8 Å². The number of hydrogen-bond donors (Lipinski definition) is 2. The quantitative estimate of drug-likeness (QED) is 0.455. The van der Waals surface area contributed by atoms with E-state index in [4.69, 9.17) is 19.0 Å². The first-order valence-corrected chi connectivity index (χ1v) is 11.3. The first kappa shape index (κ1) is 23.9. The molecule has 1 aromatic carbocycles. The molecule has 8 nitrogen and oxygen atoms in total. The first-order chi connectivity index (χ1) is 15.4. The molecule has 2 aromatic rings. The highest BCUT2D eigenvalue weighted by Crippen LogP contribution is 2.25. The second-order valence-corrected chi connectivity index (χ2v) is 8.44. The number of likely N-dealkylation sites (tertiary alicyclic amines) is 1. The average Bonchev–Trinajstić information content (AvgIpc) is 3.36. The van der Waals surface area contributed by atoms with Gasteiger partial charge in [0.15, 0.2) is 5.96 Å². The lowest BCUT2D eigenvalue weighted by molar-refractivity contribution is 0.321. The summed E-state index contributed by atoms with van der Waals surface area (Å²) in [7, 11) is 3.37. The van der Waals surface area contributed by atoms with Crippen LogP contribution in [0.15, 0.2) is 27.7 Å². The number of nitrogens with one attached hydrogen (secondary N) is 2. The van der Waals surface area contributed by atoms with E-state index in [1.54, 1.807) is 14.2 Å². The molecule has 0 bridgehead atoms. The molecule has 32 heavy (non-hydrogen) atoms. The van der Waals surface area contributed by atoms with E-state index in [2.05, 4.69) is 46.7 Å². The van der Waals surface area contributed by atoms with Crippen molar-refractivity contribution in [3.63, 3.8) is 0 Å². The molecule has 2 unspecified atom stereocenters. The molecule has 0 spiro atoms. The average molecular weight is 444 g/mol. The zero-order valence-electron chi connectivity index (χ0n) is 20.2. The number of aliphatic imine (C=N–C) groups is 1. The van der Waals surface area contributed by atoms with E-state index in [9.17, 15) is 0 Å². The number of aryl methyl sites for hydroxylation is 2. The standard InChI is InChI=1S/C24H37N5O3/c1-7-25-24(26-13-16(2)23-17(3)28-32-18(23)4)27-20-8-9-29(15-20)14-19-10-21(30-5)12-22(11-19)31-6/h10-12,16,20H,7-9,13-15H2,1-6H3,(H2,25,26,27). The summed E-state index contributed by atoms with van der Waals surface area (Å²) < 4.78 is 16.1. The third kappa shape index (κ3) is 6.16. The highest BCUT2D eigenvalue weighted by molar-refractivity contribution is 5.80. The van der Waals surface area contributed by atoms with E-state index in [1.807, 2.05) is 19.9 Å². The summed E-state index contributed by atoms with van der Waals surface area (Å²) in [6.45, 7) is 12.6. The number of benzene rings is 1. The Kier molecular flexibility index (Phi) is 8.39. The van der Waals surface area contributed by atoms with E-state index < -0.39 is 0 Å². The van der Waals surface area contributed by atoms with Crippen molar-refractivity contribution in [2.75, 3.05) is 40.4 Å². The lowest BCUT2D eigenvalue weighted by Crippen LogP contribution is -2.44. The summed E-state index contributed by atoms with van der Waals surface area (Å²) in [5, 5.41) is 11.1. The van der Waals surface area contributed by atoms with Crippen molar-refractivity contribution >= 4 is 5.96 Å². The molecule has 3 rings (SSSR count). The highest BCUT2D eigenvalue weighted by Gasteiger charge is 2.24. The van der Waals surface area contributed by atoms with Crippen LogP contribution in [0.25, 0.3) is 0 Å². The maximum Gasteiger partial charge on any atom is 0.191 e. The van der Waals surface area contributed by atoms with Gasteiger partial charge in [-0.1, -0.05) is 12.1 Å². The number of nitrogens with zero attached hydrogens (tertiary/aromatic N) is 3. The van der Waals surface area contributed by atoms with Crippen LogP contribution in [0.4, 0.5) is 0 Å². The van der Waals surface area contributed by atoms with Crippen LogP contribution in [-0.2, 0) is 6.54 Å². The summed E-state index contributed by atoms with van der Waals surface area (Å²) in [6.07, 6.45) is 1.07. The van der Waals surface area contributed by atoms with E-state index in [1.165, 1.54) is 5.56 Å². The van der Waals surface area contributed by atoms with Crippen LogP contribution in [0.5, 0.6) is 11.5 Å². The van der Waals surface area contributed by atoms with Crippen LogP contribution in [0.2, 0.25) is 0 Å². The number of ether oxygens (including phenoxy) is 2. The molecule has 2 heterocycles. The Hall–Kier alpha value is -2.74. The molecule has 1 aromatic heterocycles. The topological polar surface area (TPSA) is 84.2 Å². The number of aromatic nitrogens is 1. The van der Waals surface area contributed by atoms with Gasteiger partial charge in [0.2, 0.25) is 0 Å². The highest BCUT2D eigenvalue weighted by atomic mass is 16.5. The van der Waals surface area contributed by atoms with E-state index in [0.29, 0.717) is 12.6 Å². The zero-order valence-corrected chi connectivity index (χ0v) is 20.2. The molecule has 0 radical (unpaired) electrons. The summed E-state index contributed by atoms with van der Waals surface area (Å²) in [6, 6.07) is 6.41. The van der Waals surface area contributed by atoms with E-state index in [-0.39, 0.29) is 5.92 Å². The van der Waals surface area contributed by atoms with Crippen molar-refractivity contribution in [1.29, 1.82) is 0 Å². The second-order valence-electron chi connectivity index (χ2n) is 8.44. The Morgan fingerprint density at radius 2 is 1.97 bits per heavy atom. The summed E-state index contributed by atoms with van der Waals surface area (Å²) >= 11 is 0. The molecule has 1 aliphatic heterocycles. The molecule has 2 N–H and O–H groups in total. The number of guanidine groups is 1. The van der Waals surface area contributed by atoms with Crippen molar-refractivity contribution < 1.29 is 14.0 Å². The van der Waals surface area contributed by atoms with Crippen molar-refractivity contribution in [1.82, 2.24) is 20.7 Å². The van der Waals surface area contributed by atoms with Gasteiger partial charge in [-0.25, -0.2) is 0 Å². The SMILES string of the molecule is CCNC(=NCC(C)c1c(C)noc1C)NC1CCN(Cc2cc(OC)cc(OC)c2)C1. The Labute approximate surface area is 191 Å². The summed E-state index contributed by atoms with van der Waals surface area (Å²) in [5.41, 5.74) is 3.30. The van der Waals surface area contributed by atoms with Gasteiger partial charge in [0, 0.05) is 56.3 Å². The van der Waals surface area contributed by atoms with Crippen LogP contribution in [0, 0.1) is 13.8 Å². The third-order valence-electron chi connectivity index (χ3n) is 5.88. The van der Waals surface area contributed by atoms with Gasteiger partial charge in [-0.05, 0) is 44.9 Å². The van der Waals surface area contributed by atoms with Gasteiger partial charge in [0.25, 0.3) is 0 Å². The molecule has 1 aliphatic rings. The van der Waals surface area contributed by atoms with E-state index >= 15 is 0 Å². The van der Waals surface area contributed by atoms with Gasteiger partial charge in [-0.15, -0.1) is 0 Å². The van der Waals surface area contributed by atoms with Gasteiger partial charge < -0.3 is 24.6 Å². The zero-order chi connectivity index (χ0) is 23.1. The fourth-order valence-corrected chi connectivity index (χ4v) is 4.34. The smallest absolute Gasteiger partial charge is 0.191 e. The molecule has 0 aliphatic carbocycles. The molecular weight excluding hydrogens is 406 g/mol. The Morgan fingerprint density at radius 3 is 2.56 bits per heavy atom. The van der Waals surface area contributed by atoms with Crippen LogP contribution >= 0.6 is 0 Å². The lowest BCUT2D eigenvalue weighted by Gasteiger charge is -2.20. The molecule has 1 fully saturated rings. The number of methoxy groups -OCH3 is 2. The van der Waals surface area contributed by atoms with Gasteiger partial charge >= 0.3 is 0 Å². The molecule has 1 saturated heterocycles. The molecule has 0 saturated carbocycles. The van der Waals surface area contributed by atoms with Crippen LogP contribution in [0.3, 0.4) is 0 Å². The predicted molar refractivity (Wildman–Crippen MR) is 127 cm³/mol. The van der Waals surface area contributed by atoms with Crippen molar-refractivity contribution in [3.05, 3.63) is 40.8 Å². The number of hydrogen-bond acceptors (Lipinski definition) is 6. The molecule has 0 amide bonds. The van der Waals surface area contributed by atoms with Gasteiger partial charge in [0.05, 0.1) is 19.9 Å². The fourth-order valence-electron chi connectivity index (χ4n) is 4.34. The van der Waals surface area contributed by atoms with Crippen LogP contribution in [-0.4, -0.2) is 62.5 Å². The van der Waals surface area contributed by atoms with Gasteiger partial charge in [-0.2, -0.15) is 0 Å². The lowest BCUT2D eigenvalue weighted by atomic mass is 10.00. The fraction of sp³-hybridized carbons (Fsp3) is 0.583. The minimum absolute atomic E-state index is 0.250. The maximum absolute atomic E-state index is 5.41. The molecular formula is C24H37N5O3. The monoisotopic (exact) mass is 443 g/mol. The number of rotatable bonds is 9. The van der Waals surface area contributed by atoms with Crippen molar-refractivity contribution in [3.8, 4) is 11.5 Å². The third-order valence-corrected chi connectivity index (χ3v) is 5.88. The summed E-state index contributed by atoms with van der Waals surface area (Å²) in [5.74, 6) is 3.63. The van der Waals surface area contributed by atoms with Crippen LogP contribution < -0.4 is 20.1 Å². The minimum atomic E-state index is 0.250. The van der Waals surface area contributed by atoms with E-state index in [0.717, 1.165) is 67.1 Å². The molecule has 176 valence electrons. The molecule has 2 atom stereocenters. The summed E-state index contributed by atoms with van der Waals surface area (Å²) in [4.78, 5) is 7.29. The molecule has 8 heteroatoms. The normalized spacial score (nSPS) is 17.9. The minimum Gasteiger partial charge on any atom is -0.497 e. The largest absolute Gasteiger partial charge is 0.497 e.